The molecule has 1 aromatic carbocycles. The molecule has 0 aliphatic heterocycles. The first-order valence-corrected chi connectivity index (χ1v) is 7.08. The predicted octanol–water partition coefficient (Wildman–Crippen LogP) is 1.91. The third-order valence-electron chi connectivity index (χ3n) is 3.16. The van der Waals surface area contributed by atoms with Crippen LogP contribution < -0.4 is 5.32 Å². The highest BCUT2D eigenvalue weighted by Gasteiger charge is 2.30. The topological polar surface area (TPSA) is 75.6 Å². The molecule has 0 unspecified atom stereocenters. The monoisotopic (exact) mass is 293 g/mol. The van der Waals surface area contributed by atoms with Crippen LogP contribution in [0.25, 0.3) is 0 Å². The summed E-state index contributed by atoms with van der Waals surface area (Å²) < 4.78 is 4.90. The molecule has 0 aliphatic carbocycles. The third kappa shape index (κ3) is 4.86. The third-order valence-corrected chi connectivity index (χ3v) is 3.16. The van der Waals surface area contributed by atoms with E-state index >= 15 is 0 Å². The number of nitrogens with one attached hydrogen (secondary N) is 1. The zero-order valence-electron chi connectivity index (χ0n) is 12.9. The van der Waals surface area contributed by atoms with E-state index in [9.17, 15) is 14.7 Å². The molecule has 0 saturated carbocycles. The van der Waals surface area contributed by atoms with E-state index in [4.69, 9.17) is 4.74 Å². The van der Waals surface area contributed by atoms with Gasteiger partial charge < -0.3 is 15.2 Å². The fraction of sp³-hybridized carbons (Fsp3) is 0.500. The lowest BCUT2D eigenvalue weighted by atomic mass is 9.97. The molecule has 21 heavy (non-hydrogen) atoms. The van der Waals surface area contributed by atoms with Gasteiger partial charge in [-0.1, -0.05) is 38.1 Å². The Kier molecular flexibility index (Phi) is 6.37. The molecule has 0 heterocycles. The van der Waals surface area contributed by atoms with Crippen molar-refractivity contribution in [2.75, 3.05) is 6.61 Å². The first-order valence-electron chi connectivity index (χ1n) is 7.08. The summed E-state index contributed by atoms with van der Waals surface area (Å²) in [5, 5.41) is 12.8. The minimum atomic E-state index is -1.14. The fourth-order valence-electron chi connectivity index (χ4n) is 1.99. The number of aliphatic hydroxyl groups is 1. The van der Waals surface area contributed by atoms with Crippen molar-refractivity contribution in [3.63, 3.8) is 0 Å². The first-order chi connectivity index (χ1) is 9.86. The second-order valence-electron chi connectivity index (χ2n) is 5.20. The van der Waals surface area contributed by atoms with E-state index in [0.717, 1.165) is 5.56 Å². The summed E-state index contributed by atoms with van der Waals surface area (Å²) in [5.74, 6) is -0.661. The average Bonchev–Trinajstić information content (AvgIpc) is 2.44. The maximum atomic E-state index is 11.9. The van der Waals surface area contributed by atoms with Crippen molar-refractivity contribution >= 4 is 11.9 Å². The lowest BCUT2D eigenvalue weighted by molar-refractivity contribution is -0.150. The molecular weight excluding hydrogens is 270 g/mol. The maximum Gasteiger partial charge on any atom is 0.331 e. The molecule has 2 atom stereocenters. The van der Waals surface area contributed by atoms with Crippen LogP contribution in [-0.4, -0.2) is 29.6 Å². The van der Waals surface area contributed by atoms with Crippen LogP contribution >= 0.6 is 0 Å². The highest BCUT2D eigenvalue weighted by molar-refractivity contribution is 5.84. The van der Waals surface area contributed by atoms with Crippen LogP contribution in [0, 0.1) is 0 Å². The molecular formula is C16H23NO4. The number of rotatable bonds is 6. The molecule has 0 bridgehead atoms. The molecule has 0 aromatic heterocycles. The van der Waals surface area contributed by atoms with E-state index in [1.165, 1.54) is 6.92 Å². The number of hydrogen-bond donors (Lipinski definition) is 2. The summed E-state index contributed by atoms with van der Waals surface area (Å²) in [4.78, 5) is 23.1. The fourth-order valence-corrected chi connectivity index (χ4v) is 1.99. The van der Waals surface area contributed by atoms with E-state index in [2.05, 4.69) is 19.2 Å². The van der Waals surface area contributed by atoms with Crippen LogP contribution in [0.4, 0.5) is 0 Å². The molecule has 0 fully saturated rings. The van der Waals surface area contributed by atoms with Crippen molar-refractivity contribution < 1.29 is 19.4 Å². The van der Waals surface area contributed by atoms with Gasteiger partial charge in [-0.2, -0.15) is 0 Å². The normalized spacial score (nSPS) is 13.6. The molecule has 2 N–H and O–H groups in total. The van der Waals surface area contributed by atoms with E-state index < -0.39 is 24.0 Å². The van der Waals surface area contributed by atoms with Gasteiger partial charge in [-0.3, -0.25) is 4.79 Å². The Bertz CT molecular complexity index is 482. The van der Waals surface area contributed by atoms with Gasteiger partial charge >= 0.3 is 5.97 Å². The SMILES string of the molecule is CCOC(=O)[C@@H](NC(C)=O)[C@H](O)c1ccc(C(C)C)cc1. The van der Waals surface area contributed by atoms with Crippen molar-refractivity contribution in [3.05, 3.63) is 35.4 Å². The molecule has 0 radical (unpaired) electrons. The van der Waals surface area contributed by atoms with E-state index in [0.29, 0.717) is 11.5 Å². The lowest BCUT2D eigenvalue weighted by Crippen LogP contribution is -2.45. The molecule has 1 amide bonds. The summed E-state index contributed by atoms with van der Waals surface area (Å²) in [6, 6.07) is 6.22. The summed E-state index contributed by atoms with van der Waals surface area (Å²) >= 11 is 0. The predicted molar refractivity (Wildman–Crippen MR) is 79.7 cm³/mol. The Balaban J connectivity index is 2.95. The second kappa shape index (κ2) is 7.78. The minimum Gasteiger partial charge on any atom is -0.464 e. The van der Waals surface area contributed by atoms with E-state index in [1.54, 1.807) is 19.1 Å². The summed E-state index contributed by atoms with van der Waals surface area (Å²) in [6.45, 7) is 7.30. The smallest absolute Gasteiger partial charge is 0.331 e. The van der Waals surface area contributed by atoms with Gasteiger partial charge in [0.05, 0.1) is 6.61 Å². The van der Waals surface area contributed by atoms with Crippen LogP contribution in [0.5, 0.6) is 0 Å². The van der Waals surface area contributed by atoms with Crippen LogP contribution in [0.15, 0.2) is 24.3 Å². The van der Waals surface area contributed by atoms with E-state index in [1.807, 2.05) is 12.1 Å². The Morgan fingerprint density at radius 1 is 1.19 bits per heavy atom. The molecule has 1 aromatic rings. The summed E-state index contributed by atoms with van der Waals surface area (Å²) in [5.41, 5.74) is 1.70. The van der Waals surface area contributed by atoms with Gasteiger partial charge in [0.2, 0.25) is 5.91 Å². The van der Waals surface area contributed by atoms with Gasteiger partial charge in [0.1, 0.15) is 6.10 Å². The number of carbonyl (C=O) groups excluding carboxylic acids is 2. The Hall–Kier alpha value is -1.88. The van der Waals surface area contributed by atoms with E-state index in [-0.39, 0.29) is 6.61 Å². The summed E-state index contributed by atoms with van der Waals surface area (Å²) in [7, 11) is 0. The quantitative estimate of drug-likeness (QED) is 0.786. The van der Waals surface area contributed by atoms with Gasteiger partial charge in [-0.15, -0.1) is 0 Å². The molecule has 116 valence electrons. The number of benzene rings is 1. The van der Waals surface area contributed by atoms with Crippen LogP contribution in [0.3, 0.4) is 0 Å². The van der Waals surface area contributed by atoms with Crippen molar-refractivity contribution in [1.29, 1.82) is 0 Å². The number of carbonyl (C=O) groups is 2. The van der Waals surface area contributed by atoms with Gasteiger partial charge in [-0.05, 0) is 24.0 Å². The molecule has 5 heteroatoms. The van der Waals surface area contributed by atoms with Gasteiger partial charge in [0, 0.05) is 6.92 Å². The molecule has 0 spiro atoms. The Morgan fingerprint density at radius 2 is 1.71 bits per heavy atom. The highest BCUT2D eigenvalue weighted by atomic mass is 16.5. The minimum absolute atomic E-state index is 0.188. The zero-order valence-corrected chi connectivity index (χ0v) is 12.9. The lowest BCUT2D eigenvalue weighted by Gasteiger charge is -2.22. The Labute approximate surface area is 125 Å². The number of hydrogen-bond acceptors (Lipinski definition) is 4. The largest absolute Gasteiger partial charge is 0.464 e. The Morgan fingerprint density at radius 3 is 2.14 bits per heavy atom. The second-order valence-corrected chi connectivity index (χ2v) is 5.20. The highest BCUT2D eigenvalue weighted by Crippen LogP contribution is 2.21. The number of esters is 1. The molecule has 0 aliphatic rings. The summed E-state index contributed by atoms with van der Waals surface area (Å²) in [6.07, 6.45) is -1.14. The van der Waals surface area contributed by atoms with Crippen molar-refractivity contribution in [2.45, 2.75) is 45.8 Å². The zero-order chi connectivity index (χ0) is 16.0. The van der Waals surface area contributed by atoms with Crippen molar-refractivity contribution in [2.24, 2.45) is 0 Å². The maximum absolute atomic E-state index is 11.9. The van der Waals surface area contributed by atoms with Crippen molar-refractivity contribution in [3.8, 4) is 0 Å². The molecule has 0 saturated heterocycles. The van der Waals surface area contributed by atoms with Crippen molar-refractivity contribution in [1.82, 2.24) is 5.32 Å². The molecule has 1 rings (SSSR count). The first kappa shape index (κ1) is 17.2. The number of amides is 1. The number of aliphatic hydroxyl groups excluding tert-OH is 1. The number of ether oxygens (including phenoxy) is 1. The van der Waals surface area contributed by atoms with Gasteiger partial charge in [-0.25, -0.2) is 4.79 Å². The standard InChI is InChI=1S/C16H23NO4/c1-5-21-16(20)14(17-11(4)18)15(19)13-8-6-12(7-9-13)10(2)3/h6-10,14-15,19H,5H2,1-4H3,(H,17,18)/t14-,15+/m0/s1. The average molecular weight is 293 g/mol. The van der Waals surface area contributed by atoms with Gasteiger partial charge in [0.15, 0.2) is 6.04 Å². The molecule has 5 nitrogen and oxygen atoms in total. The van der Waals surface area contributed by atoms with Crippen LogP contribution in [0.1, 0.15) is 50.8 Å². The van der Waals surface area contributed by atoms with Crippen LogP contribution in [-0.2, 0) is 14.3 Å². The van der Waals surface area contributed by atoms with Crippen LogP contribution in [0.2, 0.25) is 0 Å². The van der Waals surface area contributed by atoms with Gasteiger partial charge in [0.25, 0.3) is 0 Å².